The average Bonchev–Trinajstić information content (AvgIpc) is 1.42. The maximum Gasteiger partial charge on any atom is 0.538 e. The van der Waals surface area contributed by atoms with Crippen molar-refractivity contribution in [2.75, 3.05) is 0 Å². The highest BCUT2D eigenvalue weighted by atomic mass is 32.3. The first-order valence-electron chi connectivity index (χ1n) is 2.15. The van der Waals surface area contributed by atoms with Gasteiger partial charge in [-0.25, -0.2) is 0 Å². The van der Waals surface area contributed by atoms with E-state index in [1.165, 1.54) is 0 Å². The molecule has 14 heavy (non-hydrogen) atoms. The smallest absolute Gasteiger partial charge is 0.264 e. The molecule has 88 valence electrons. The first kappa shape index (κ1) is 16.0. The van der Waals surface area contributed by atoms with Gasteiger partial charge in [0.25, 0.3) is 0 Å². The van der Waals surface area contributed by atoms with Crippen molar-refractivity contribution in [2.24, 2.45) is 0 Å². The van der Waals surface area contributed by atoms with E-state index in [0.717, 1.165) is 0 Å². The molecule has 0 aliphatic heterocycles. The second-order valence-electron chi connectivity index (χ2n) is 1.40. The Kier molecular flexibility index (Phi) is 5.54. The molecule has 0 aliphatic carbocycles. The molecular weight excluding hydrogens is 261 g/mol. The van der Waals surface area contributed by atoms with Gasteiger partial charge in [0, 0.05) is 0 Å². The molecule has 0 aromatic rings. The summed E-state index contributed by atoms with van der Waals surface area (Å²) in [7, 11) is -10.1. The zero-order valence-corrected chi connectivity index (χ0v) is 7.47. The maximum atomic E-state index is 10.8. The molecule has 0 heterocycles. The van der Waals surface area contributed by atoms with E-state index in [-0.39, 0.29) is 0 Å². The second kappa shape index (κ2) is 4.85. The zero-order chi connectivity index (χ0) is 12.2. The summed E-state index contributed by atoms with van der Waals surface area (Å²) in [5.74, 6) is 0. The lowest BCUT2D eigenvalue weighted by molar-refractivity contribution is -0.274. The average molecular weight is 264 g/mol. The Hall–Kier alpha value is -0.470. The molecule has 0 saturated heterocycles. The third kappa shape index (κ3) is 41.8. The van der Waals surface area contributed by atoms with Crippen molar-refractivity contribution in [3.05, 3.63) is 0 Å². The Balaban J connectivity index is 0. The van der Waals surface area contributed by atoms with Crippen LogP contribution in [0, 0.1) is 0 Å². The second-order valence-corrected chi connectivity index (χ2v) is 3.32. The first-order chi connectivity index (χ1) is 5.71. The zero-order valence-electron chi connectivity index (χ0n) is 5.83. The van der Waals surface area contributed by atoms with E-state index in [1.54, 1.807) is 0 Å². The molecule has 0 spiro atoms. The Labute approximate surface area is 75.8 Å². The summed E-state index contributed by atoms with van der Waals surface area (Å²) >= 11 is 0. The van der Waals surface area contributed by atoms with Crippen LogP contribution in [0.15, 0.2) is 0 Å². The number of rotatable bonds is 1. The molecule has 0 unspecified atom stereocenters. The molecule has 0 amide bonds. The third-order valence-electron chi connectivity index (χ3n) is 0.200. The van der Waals surface area contributed by atoms with Gasteiger partial charge < -0.3 is 0 Å². The largest absolute Gasteiger partial charge is 0.538 e. The van der Waals surface area contributed by atoms with Gasteiger partial charge in [0.2, 0.25) is 0 Å². The van der Waals surface area contributed by atoms with Crippen molar-refractivity contribution in [2.45, 2.75) is 6.36 Å². The predicted molar refractivity (Wildman–Crippen MR) is 32.9 cm³/mol. The van der Waals surface area contributed by atoms with Crippen LogP contribution in [0.25, 0.3) is 0 Å². The molecule has 13 heteroatoms. The lowest BCUT2D eigenvalue weighted by Crippen LogP contribution is -2.18. The van der Waals surface area contributed by atoms with Gasteiger partial charge in [0.15, 0.2) is 0 Å². The lowest BCUT2D eigenvalue weighted by atomic mass is 11.4. The minimum absolute atomic E-state index is 2.15. The van der Waals surface area contributed by atoms with Crippen LogP contribution in [0.4, 0.5) is 13.2 Å². The fourth-order valence-corrected chi connectivity index (χ4v) is 0.358. The number of hydrogen-bond acceptors (Lipinski definition) is 5. The highest BCUT2D eigenvalue weighted by Gasteiger charge is 2.35. The summed E-state index contributed by atoms with van der Waals surface area (Å²) in [5, 5.41) is 0. The minimum atomic E-state index is -5.41. The lowest BCUT2D eigenvalue weighted by Gasteiger charge is -2.00. The van der Waals surface area contributed by atoms with E-state index in [0.29, 0.717) is 0 Å². The molecule has 0 saturated carbocycles. The molecule has 0 fully saturated rings. The highest BCUT2D eigenvalue weighted by Crippen LogP contribution is 2.17. The summed E-state index contributed by atoms with van der Waals surface area (Å²) in [6, 6.07) is 0. The van der Waals surface area contributed by atoms with Crippen molar-refractivity contribution in [1.29, 1.82) is 0 Å². The van der Waals surface area contributed by atoms with Gasteiger partial charge in [-0.2, -0.15) is 16.8 Å². The van der Waals surface area contributed by atoms with Crippen LogP contribution in [0.1, 0.15) is 0 Å². The van der Waals surface area contributed by atoms with Crippen molar-refractivity contribution < 1.29 is 47.8 Å². The van der Waals surface area contributed by atoms with Gasteiger partial charge in [-0.05, 0) is 0 Å². The van der Waals surface area contributed by atoms with E-state index in [1.807, 2.05) is 0 Å². The molecule has 0 radical (unpaired) electrons. The molecule has 8 nitrogen and oxygen atoms in total. The van der Waals surface area contributed by atoms with E-state index in [4.69, 9.17) is 22.1 Å². The molecule has 0 aromatic heterocycles. The molecule has 0 aliphatic rings. The SMILES string of the molecule is O=S(=O)(O)O.O=S(=O)(O)OC(F)(F)F. The van der Waals surface area contributed by atoms with Crippen LogP contribution in [-0.4, -0.2) is 36.9 Å². The van der Waals surface area contributed by atoms with Crippen LogP contribution in [0.5, 0.6) is 0 Å². The van der Waals surface area contributed by atoms with E-state index < -0.39 is 27.2 Å². The monoisotopic (exact) mass is 264 g/mol. The van der Waals surface area contributed by atoms with Gasteiger partial charge in [-0.15, -0.1) is 17.4 Å². The van der Waals surface area contributed by atoms with Crippen LogP contribution in [-0.2, 0) is 25.0 Å². The Bertz CT molecular complexity index is 339. The van der Waals surface area contributed by atoms with Crippen LogP contribution >= 0.6 is 0 Å². The molecule has 0 aromatic carbocycles. The summed E-state index contributed by atoms with van der Waals surface area (Å²) < 4.78 is 92.0. The van der Waals surface area contributed by atoms with Crippen molar-refractivity contribution in [3.8, 4) is 0 Å². The van der Waals surface area contributed by atoms with Gasteiger partial charge in [-0.3, -0.25) is 13.7 Å². The topological polar surface area (TPSA) is 138 Å². The first-order valence-corrected chi connectivity index (χ1v) is 4.91. The Morgan fingerprint density at radius 3 is 1.14 bits per heavy atom. The van der Waals surface area contributed by atoms with Gasteiger partial charge in [0.1, 0.15) is 0 Å². The Morgan fingerprint density at radius 1 is 0.929 bits per heavy atom. The van der Waals surface area contributed by atoms with E-state index in [9.17, 15) is 21.6 Å². The van der Waals surface area contributed by atoms with Crippen LogP contribution < -0.4 is 0 Å². The fourth-order valence-electron chi connectivity index (χ4n) is 0.119. The summed E-state index contributed by atoms with van der Waals surface area (Å²) in [6.07, 6.45) is -5.35. The minimum Gasteiger partial charge on any atom is -0.264 e. The quantitative estimate of drug-likeness (QED) is 0.547. The molecule has 3 N–H and O–H groups in total. The van der Waals surface area contributed by atoms with Crippen molar-refractivity contribution >= 4 is 20.8 Å². The molecular formula is CH3F3O8S2. The number of hydrogen-bond donors (Lipinski definition) is 3. The van der Waals surface area contributed by atoms with Crippen LogP contribution in [0.2, 0.25) is 0 Å². The molecule has 0 rings (SSSR count). The summed E-state index contributed by atoms with van der Waals surface area (Å²) in [5.41, 5.74) is 0. The van der Waals surface area contributed by atoms with Gasteiger partial charge >= 0.3 is 27.2 Å². The van der Waals surface area contributed by atoms with Gasteiger partial charge in [0.05, 0.1) is 0 Å². The third-order valence-corrected chi connectivity index (χ3v) is 0.599. The highest BCUT2D eigenvalue weighted by molar-refractivity contribution is 7.81. The van der Waals surface area contributed by atoms with Crippen molar-refractivity contribution in [1.82, 2.24) is 0 Å². The summed E-state index contributed by atoms with van der Waals surface area (Å²) in [6.45, 7) is 0. The van der Waals surface area contributed by atoms with Gasteiger partial charge in [-0.1, -0.05) is 0 Å². The molecule has 0 atom stereocenters. The normalized spacial score (nSPS) is 13.0. The number of halogens is 3. The summed E-state index contributed by atoms with van der Waals surface area (Å²) in [4.78, 5) is 0. The maximum absolute atomic E-state index is 10.8. The van der Waals surface area contributed by atoms with Crippen molar-refractivity contribution in [3.63, 3.8) is 0 Å². The Morgan fingerprint density at radius 2 is 1.14 bits per heavy atom. The predicted octanol–water partition coefficient (Wildman–Crippen LogP) is -0.327. The molecule has 0 bridgehead atoms. The van der Waals surface area contributed by atoms with Crippen LogP contribution in [0.3, 0.4) is 0 Å². The van der Waals surface area contributed by atoms with E-state index in [2.05, 4.69) is 4.18 Å². The van der Waals surface area contributed by atoms with E-state index >= 15 is 0 Å². The standard InChI is InChI=1S/CHF3O4S.H2O4S/c2-1(3,4)8-9(5,6)7;1-5(2,3)4/h(H,5,6,7);(H2,1,2,3,4). The number of alkyl halides is 3. The fraction of sp³-hybridized carbons (Fsp3) is 1.00.